The fraction of sp³-hybridized carbons (Fsp3) is 0.485. The summed E-state index contributed by atoms with van der Waals surface area (Å²) < 4.78 is 23.6. The number of alkyl halides is 1. The van der Waals surface area contributed by atoms with E-state index in [1.54, 1.807) is 30.8 Å². The van der Waals surface area contributed by atoms with E-state index in [9.17, 15) is 14.0 Å². The van der Waals surface area contributed by atoms with Crippen LogP contribution in [0.2, 0.25) is 0 Å². The lowest BCUT2D eigenvalue weighted by Crippen LogP contribution is -2.52. The summed E-state index contributed by atoms with van der Waals surface area (Å²) in [7, 11) is 1.57. The molecule has 5 heterocycles. The molecule has 10 heteroatoms. The van der Waals surface area contributed by atoms with Crippen LogP contribution < -0.4 is 5.73 Å². The van der Waals surface area contributed by atoms with Crippen LogP contribution in [0.15, 0.2) is 42.6 Å². The van der Waals surface area contributed by atoms with Crippen molar-refractivity contribution < 1.29 is 18.7 Å². The van der Waals surface area contributed by atoms with Gasteiger partial charge in [-0.25, -0.2) is 8.91 Å². The number of fused-ring (bicyclic) bond motifs is 2. The Morgan fingerprint density at radius 1 is 1.12 bits per heavy atom. The molecule has 2 N–H and O–H groups in total. The molecule has 1 aromatic carbocycles. The molecule has 7 rings (SSSR count). The van der Waals surface area contributed by atoms with E-state index in [0.29, 0.717) is 31.1 Å². The van der Waals surface area contributed by atoms with Crippen LogP contribution in [0, 0.1) is 12.8 Å². The van der Waals surface area contributed by atoms with Gasteiger partial charge in [-0.1, -0.05) is 18.2 Å². The number of hydrogen-bond acceptors (Lipinski definition) is 5. The van der Waals surface area contributed by atoms with E-state index in [1.807, 2.05) is 11.0 Å². The number of carbonyl (C=O) groups is 2. The monoisotopic (exact) mass is 586 g/mol. The van der Waals surface area contributed by atoms with Crippen LogP contribution in [0.4, 0.5) is 4.39 Å². The van der Waals surface area contributed by atoms with E-state index in [1.165, 1.54) is 28.8 Å². The average molecular weight is 587 g/mol. The molecule has 0 unspecified atom stereocenters. The Bertz CT molecular complexity index is 1710. The van der Waals surface area contributed by atoms with Crippen molar-refractivity contribution in [2.24, 2.45) is 11.7 Å². The molecule has 2 saturated heterocycles. The highest BCUT2D eigenvalue weighted by Crippen LogP contribution is 2.41. The first kappa shape index (κ1) is 28.0. The molecule has 9 nitrogen and oxygen atoms in total. The predicted octanol–water partition coefficient (Wildman–Crippen LogP) is 4.15. The zero-order chi connectivity index (χ0) is 30.0. The van der Waals surface area contributed by atoms with Gasteiger partial charge in [0.1, 0.15) is 18.0 Å². The number of rotatable bonds is 7. The Hall–Kier alpha value is -3.76. The number of aryl methyl sites for hydroxylation is 1. The smallest absolute Gasteiger partial charge is 0.255 e. The van der Waals surface area contributed by atoms with Crippen LogP contribution in [0.3, 0.4) is 0 Å². The first-order valence-corrected chi connectivity index (χ1v) is 15.3. The lowest BCUT2D eigenvalue weighted by Gasteiger charge is -2.41. The molecule has 0 spiro atoms. The van der Waals surface area contributed by atoms with Crippen molar-refractivity contribution in [3.63, 3.8) is 0 Å². The van der Waals surface area contributed by atoms with Crippen molar-refractivity contribution in [2.75, 3.05) is 33.3 Å². The van der Waals surface area contributed by atoms with Gasteiger partial charge in [0.25, 0.3) is 11.8 Å². The van der Waals surface area contributed by atoms with Crippen molar-refractivity contribution in [1.82, 2.24) is 24.0 Å². The summed E-state index contributed by atoms with van der Waals surface area (Å²) in [5.41, 5.74) is 12.9. The van der Waals surface area contributed by atoms with E-state index in [2.05, 4.69) is 35.8 Å². The third kappa shape index (κ3) is 5.00. The van der Waals surface area contributed by atoms with Gasteiger partial charge in [-0.3, -0.25) is 9.59 Å². The van der Waals surface area contributed by atoms with Crippen LogP contribution in [0.5, 0.6) is 0 Å². The van der Waals surface area contributed by atoms with E-state index >= 15 is 0 Å². The van der Waals surface area contributed by atoms with Gasteiger partial charge in [0, 0.05) is 62.4 Å². The molecule has 2 aliphatic heterocycles. The highest BCUT2D eigenvalue weighted by molar-refractivity contribution is 5.95. The summed E-state index contributed by atoms with van der Waals surface area (Å²) in [4.78, 5) is 29.3. The summed E-state index contributed by atoms with van der Waals surface area (Å²) in [6.45, 7) is 6.57. The summed E-state index contributed by atoms with van der Waals surface area (Å²) in [5.74, 6) is 0.710. The van der Waals surface area contributed by atoms with Crippen molar-refractivity contribution in [2.45, 2.75) is 63.9 Å². The van der Waals surface area contributed by atoms with Gasteiger partial charge in [-0.05, 0) is 62.8 Å². The zero-order valence-electron chi connectivity index (χ0n) is 25.0. The predicted molar refractivity (Wildman–Crippen MR) is 163 cm³/mol. The summed E-state index contributed by atoms with van der Waals surface area (Å²) in [6, 6.07) is 12.1. The highest BCUT2D eigenvalue weighted by atomic mass is 19.1. The molecule has 3 aromatic heterocycles. The first-order chi connectivity index (χ1) is 20.7. The molecular weight excluding hydrogens is 547 g/mol. The number of carbonyl (C=O) groups excluding carboxylic acids is 2. The minimum absolute atomic E-state index is 0.0331. The summed E-state index contributed by atoms with van der Waals surface area (Å²) >= 11 is 0. The zero-order valence-corrected chi connectivity index (χ0v) is 25.0. The number of nitrogens with zero attached hydrogens (tertiary/aromatic N) is 5. The molecule has 2 amide bonds. The SMILES string of the molecule is CO[C@@H](C)C(=O)N1CC(c2cccc3cc(-c4nn5cc(C(=O)N6C[C@H](N)C[C@@H](F)C6)ccc5c4C)n(CC4CC4)c23)C1. The number of methoxy groups -OCH3 is 1. The third-order valence-corrected chi connectivity index (χ3v) is 9.51. The van der Waals surface area contributed by atoms with Gasteiger partial charge in [-0.15, -0.1) is 0 Å². The Morgan fingerprint density at radius 3 is 2.63 bits per heavy atom. The number of nitrogens with two attached hydrogens (primary N) is 1. The highest BCUT2D eigenvalue weighted by Gasteiger charge is 2.36. The number of hydrogen-bond donors (Lipinski definition) is 1. The Kier molecular flexibility index (Phi) is 7.01. The summed E-state index contributed by atoms with van der Waals surface area (Å²) in [5, 5.41) is 6.18. The van der Waals surface area contributed by atoms with Crippen LogP contribution in [0.1, 0.15) is 53.6 Å². The van der Waals surface area contributed by atoms with Crippen molar-refractivity contribution in [3.8, 4) is 11.4 Å². The van der Waals surface area contributed by atoms with Crippen LogP contribution in [-0.2, 0) is 16.1 Å². The number of aromatic nitrogens is 3. The number of para-hydroxylation sites is 1. The van der Waals surface area contributed by atoms with E-state index in [-0.39, 0.29) is 36.7 Å². The van der Waals surface area contributed by atoms with E-state index in [0.717, 1.165) is 34.4 Å². The second-order valence-electron chi connectivity index (χ2n) is 12.7. The molecule has 3 aliphatic rings. The molecule has 3 atom stereocenters. The maximum absolute atomic E-state index is 14.2. The molecule has 3 fully saturated rings. The topological polar surface area (TPSA) is 98.1 Å². The first-order valence-electron chi connectivity index (χ1n) is 15.3. The van der Waals surface area contributed by atoms with Gasteiger partial charge >= 0.3 is 0 Å². The molecule has 0 bridgehead atoms. The number of piperidine rings is 1. The fourth-order valence-corrected chi connectivity index (χ4v) is 6.81. The quantitative estimate of drug-likeness (QED) is 0.351. The van der Waals surface area contributed by atoms with Gasteiger partial charge in [0.05, 0.1) is 28.8 Å². The Labute approximate surface area is 250 Å². The second kappa shape index (κ2) is 10.7. The standard InChI is InChI=1S/C33H39FN6O3/c1-19-28-10-9-23(33(42)38-17-25(34)12-26(35)18-38)16-40(28)36-30(19)29-11-22-5-4-6-27(31(22)39(29)13-21-7-8-21)24-14-37(15-24)32(41)20(2)43-3/h4-6,9-11,16,20-21,24-26H,7-8,12-15,17-18,35H2,1-3H3/t20-,25+,26+/m0/s1. The Morgan fingerprint density at radius 2 is 1.91 bits per heavy atom. The average Bonchev–Trinajstić information content (AvgIpc) is 3.63. The lowest BCUT2D eigenvalue weighted by molar-refractivity contribution is -0.145. The van der Waals surface area contributed by atoms with Crippen LogP contribution >= 0.6 is 0 Å². The van der Waals surface area contributed by atoms with Crippen molar-refractivity contribution >= 4 is 28.2 Å². The van der Waals surface area contributed by atoms with Gasteiger partial charge in [-0.2, -0.15) is 5.10 Å². The fourth-order valence-electron chi connectivity index (χ4n) is 6.81. The number of ether oxygens (including phenoxy) is 1. The third-order valence-electron chi connectivity index (χ3n) is 9.51. The van der Waals surface area contributed by atoms with Crippen LogP contribution in [-0.4, -0.2) is 87.4 Å². The van der Waals surface area contributed by atoms with Gasteiger partial charge < -0.3 is 24.8 Å². The largest absolute Gasteiger partial charge is 0.372 e. The number of likely N-dealkylation sites (tertiary alicyclic amines) is 2. The second-order valence-corrected chi connectivity index (χ2v) is 12.7. The van der Waals surface area contributed by atoms with Crippen LogP contribution in [0.25, 0.3) is 27.8 Å². The minimum Gasteiger partial charge on any atom is -0.372 e. The summed E-state index contributed by atoms with van der Waals surface area (Å²) in [6.07, 6.45) is 2.93. The number of amides is 2. The maximum atomic E-state index is 14.2. The molecule has 43 heavy (non-hydrogen) atoms. The molecule has 0 radical (unpaired) electrons. The number of benzene rings is 1. The van der Waals surface area contributed by atoms with E-state index < -0.39 is 12.3 Å². The minimum atomic E-state index is -1.11. The molecular formula is C33H39FN6O3. The molecule has 226 valence electrons. The molecule has 1 saturated carbocycles. The lowest BCUT2D eigenvalue weighted by atomic mass is 9.89. The van der Waals surface area contributed by atoms with Gasteiger partial charge in [0.2, 0.25) is 0 Å². The Balaban J connectivity index is 1.25. The van der Waals surface area contributed by atoms with Crippen molar-refractivity contribution in [1.29, 1.82) is 0 Å². The molecule has 4 aromatic rings. The van der Waals surface area contributed by atoms with E-state index in [4.69, 9.17) is 15.6 Å². The number of pyridine rings is 1. The molecule has 1 aliphatic carbocycles. The van der Waals surface area contributed by atoms with Gasteiger partial charge in [0.15, 0.2) is 0 Å². The number of halogens is 1. The normalized spacial score (nSPS) is 21.9. The van der Waals surface area contributed by atoms with Crippen molar-refractivity contribution in [3.05, 3.63) is 59.3 Å². The maximum Gasteiger partial charge on any atom is 0.255 e.